The van der Waals surface area contributed by atoms with Crippen LogP contribution in [0.5, 0.6) is 0 Å². The Morgan fingerprint density at radius 3 is 2.61 bits per heavy atom. The van der Waals surface area contributed by atoms with E-state index in [9.17, 15) is 4.79 Å². The van der Waals surface area contributed by atoms with Crippen LogP contribution in [0.3, 0.4) is 0 Å². The number of likely N-dealkylation sites (tertiary alicyclic amines) is 2. The first-order valence-electron chi connectivity index (χ1n) is 10.6. The molecule has 2 unspecified atom stereocenters. The Labute approximate surface area is 169 Å². The molecule has 0 aliphatic carbocycles. The van der Waals surface area contributed by atoms with Crippen molar-refractivity contribution in [2.45, 2.75) is 32.2 Å². The summed E-state index contributed by atoms with van der Waals surface area (Å²) in [7, 11) is 3.55. The Morgan fingerprint density at radius 1 is 1.21 bits per heavy atom. The van der Waals surface area contributed by atoms with Gasteiger partial charge in [-0.05, 0) is 50.8 Å². The lowest BCUT2D eigenvalue weighted by Gasteiger charge is -2.26. The van der Waals surface area contributed by atoms with Gasteiger partial charge >= 0.3 is 0 Å². The Hall–Kier alpha value is -2.08. The van der Waals surface area contributed by atoms with E-state index in [0.717, 1.165) is 19.0 Å². The maximum Gasteiger partial charge on any atom is 0.243 e. The van der Waals surface area contributed by atoms with Gasteiger partial charge in [0, 0.05) is 33.7 Å². The van der Waals surface area contributed by atoms with E-state index >= 15 is 0 Å². The van der Waals surface area contributed by atoms with Crippen molar-refractivity contribution in [3.63, 3.8) is 0 Å². The highest BCUT2D eigenvalue weighted by Gasteiger charge is 2.28. The van der Waals surface area contributed by atoms with Gasteiger partial charge in [0.25, 0.3) is 0 Å². The van der Waals surface area contributed by atoms with Gasteiger partial charge in [-0.3, -0.25) is 4.79 Å². The third kappa shape index (κ3) is 5.71. The fourth-order valence-electron chi connectivity index (χ4n) is 4.04. The third-order valence-corrected chi connectivity index (χ3v) is 5.81. The van der Waals surface area contributed by atoms with Crippen molar-refractivity contribution in [1.82, 2.24) is 20.0 Å². The number of likely N-dealkylation sites (N-methyl/N-ethyl adjacent to an activating group) is 1. The molecule has 1 amide bonds. The van der Waals surface area contributed by atoms with E-state index in [1.807, 2.05) is 6.07 Å². The monoisotopic (exact) mass is 385 g/mol. The number of hydrogen-bond acceptors (Lipinski definition) is 3. The SMILES string of the molecule is CC(NC(=NCC(=O)N(C)C)N1CCC(CN2CCCC2)C1)c1ccccc1. The Balaban J connectivity index is 1.65. The summed E-state index contributed by atoms with van der Waals surface area (Å²) in [4.78, 5) is 23.3. The molecule has 2 atom stereocenters. The van der Waals surface area contributed by atoms with Crippen LogP contribution >= 0.6 is 0 Å². The molecule has 2 aliphatic rings. The average Bonchev–Trinajstić information content (AvgIpc) is 3.38. The van der Waals surface area contributed by atoms with Crippen LogP contribution in [-0.4, -0.2) is 79.9 Å². The first-order valence-corrected chi connectivity index (χ1v) is 10.6. The van der Waals surface area contributed by atoms with Crippen LogP contribution < -0.4 is 5.32 Å². The highest BCUT2D eigenvalue weighted by Crippen LogP contribution is 2.21. The van der Waals surface area contributed by atoms with E-state index in [2.05, 4.69) is 51.3 Å². The van der Waals surface area contributed by atoms with Crippen molar-refractivity contribution in [3.05, 3.63) is 35.9 Å². The minimum atomic E-state index is 0.0273. The molecule has 0 aromatic heterocycles. The largest absolute Gasteiger partial charge is 0.350 e. The molecule has 0 saturated carbocycles. The lowest BCUT2D eigenvalue weighted by atomic mass is 10.1. The fraction of sp³-hybridized carbons (Fsp3) is 0.636. The first kappa shape index (κ1) is 20.6. The maximum atomic E-state index is 12.1. The summed E-state index contributed by atoms with van der Waals surface area (Å²) in [5, 5.41) is 3.58. The number of rotatable bonds is 6. The average molecular weight is 386 g/mol. The highest BCUT2D eigenvalue weighted by atomic mass is 16.2. The number of aliphatic imine (C=N–C) groups is 1. The number of nitrogens with one attached hydrogen (secondary N) is 1. The van der Waals surface area contributed by atoms with Crippen molar-refractivity contribution in [3.8, 4) is 0 Å². The van der Waals surface area contributed by atoms with Crippen molar-refractivity contribution in [1.29, 1.82) is 0 Å². The molecule has 0 spiro atoms. The molecule has 1 N–H and O–H groups in total. The van der Waals surface area contributed by atoms with Crippen LogP contribution in [0.4, 0.5) is 0 Å². The molecule has 2 saturated heterocycles. The molecular weight excluding hydrogens is 350 g/mol. The summed E-state index contributed by atoms with van der Waals surface area (Å²) in [6.45, 7) is 8.04. The molecule has 6 nitrogen and oxygen atoms in total. The van der Waals surface area contributed by atoms with Gasteiger partial charge in [0.1, 0.15) is 6.54 Å². The third-order valence-electron chi connectivity index (χ3n) is 5.81. The summed E-state index contributed by atoms with van der Waals surface area (Å²) in [6, 6.07) is 10.5. The summed E-state index contributed by atoms with van der Waals surface area (Å²) < 4.78 is 0. The fourth-order valence-corrected chi connectivity index (χ4v) is 4.04. The molecule has 154 valence electrons. The van der Waals surface area contributed by atoms with Crippen LogP contribution in [0.2, 0.25) is 0 Å². The molecule has 0 radical (unpaired) electrons. The molecule has 6 heteroatoms. The molecule has 2 heterocycles. The van der Waals surface area contributed by atoms with E-state index in [4.69, 9.17) is 0 Å². The van der Waals surface area contributed by atoms with Crippen LogP contribution in [0.15, 0.2) is 35.3 Å². The van der Waals surface area contributed by atoms with E-state index < -0.39 is 0 Å². The van der Waals surface area contributed by atoms with E-state index in [1.165, 1.54) is 44.5 Å². The topological polar surface area (TPSA) is 51.2 Å². The van der Waals surface area contributed by atoms with Crippen LogP contribution in [0.1, 0.15) is 37.8 Å². The Kier molecular flexibility index (Phi) is 7.31. The predicted octanol–water partition coefficient (Wildman–Crippen LogP) is 2.20. The number of guanidine groups is 1. The summed E-state index contributed by atoms with van der Waals surface area (Å²) in [5.41, 5.74) is 1.22. The van der Waals surface area contributed by atoms with Crippen molar-refractivity contribution in [2.75, 3.05) is 53.4 Å². The smallest absolute Gasteiger partial charge is 0.243 e. The highest BCUT2D eigenvalue weighted by molar-refractivity contribution is 5.85. The lowest BCUT2D eigenvalue weighted by molar-refractivity contribution is -0.127. The van der Waals surface area contributed by atoms with E-state index in [0.29, 0.717) is 5.92 Å². The number of benzene rings is 1. The van der Waals surface area contributed by atoms with E-state index in [1.54, 1.807) is 19.0 Å². The predicted molar refractivity (Wildman–Crippen MR) is 114 cm³/mol. The van der Waals surface area contributed by atoms with Gasteiger partial charge in [-0.2, -0.15) is 0 Å². The van der Waals surface area contributed by atoms with Crippen LogP contribution in [0, 0.1) is 5.92 Å². The lowest BCUT2D eigenvalue weighted by Crippen LogP contribution is -2.42. The first-order chi connectivity index (χ1) is 13.5. The zero-order valence-electron chi connectivity index (χ0n) is 17.6. The molecule has 2 aliphatic heterocycles. The Morgan fingerprint density at radius 2 is 1.93 bits per heavy atom. The second-order valence-electron chi connectivity index (χ2n) is 8.31. The van der Waals surface area contributed by atoms with Gasteiger partial charge in [-0.15, -0.1) is 0 Å². The number of nitrogens with zero attached hydrogens (tertiary/aromatic N) is 4. The molecule has 2 fully saturated rings. The number of carbonyl (C=O) groups excluding carboxylic acids is 1. The van der Waals surface area contributed by atoms with Crippen molar-refractivity contribution in [2.24, 2.45) is 10.9 Å². The summed E-state index contributed by atoms with van der Waals surface area (Å²) in [6.07, 6.45) is 3.87. The zero-order chi connectivity index (χ0) is 19.9. The molecule has 1 aromatic carbocycles. The van der Waals surface area contributed by atoms with Gasteiger partial charge in [-0.1, -0.05) is 30.3 Å². The standard InChI is InChI=1S/C22H35N5O/c1-18(20-9-5-4-6-10-20)24-22(23-15-21(28)25(2)3)27-14-11-19(17-27)16-26-12-7-8-13-26/h4-6,9-10,18-19H,7-8,11-17H2,1-3H3,(H,23,24). The summed E-state index contributed by atoms with van der Waals surface area (Å²) >= 11 is 0. The maximum absolute atomic E-state index is 12.1. The van der Waals surface area contributed by atoms with Crippen LogP contribution in [0.25, 0.3) is 0 Å². The molecule has 1 aromatic rings. The molecule has 0 bridgehead atoms. The molecule has 3 rings (SSSR count). The van der Waals surface area contributed by atoms with E-state index in [-0.39, 0.29) is 18.5 Å². The van der Waals surface area contributed by atoms with Gasteiger partial charge < -0.3 is 20.0 Å². The second-order valence-corrected chi connectivity index (χ2v) is 8.31. The van der Waals surface area contributed by atoms with Crippen molar-refractivity contribution < 1.29 is 4.79 Å². The minimum Gasteiger partial charge on any atom is -0.350 e. The normalized spacial score (nSPS) is 21.8. The number of amides is 1. The Bertz CT molecular complexity index is 654. The number of carbonyl (C=O) groups is 1. The van der Waals surface area contributed by atoms with Gasteiger partial charge in [0.2, 0.25) is 5.91 Å². The summed E-state index contributed by atoms with van der Waals surface area (Å²) in [5.74, 6) is 1.57. The van der Waals surface area contributed by atoms with Crippen molar-refractivity contribution >= 4 is 11.9 Å². The second kappa shape index (κ2) is 9.92. The van der Waals surface area contributed by atoms with Gasteiger partial charge in [-0.25, -0.2) is 4.99 Å². The number of hydrogen-bond donors (Lipinski definition) is 1. The van der Waals surface area contributed by atoms with Gasteiger partial charge in [0.15, 0.2) is 5.96 Å². The zero-order valence-corrected chi connectivity index (χ0v) is 17.6. The molecular formula is C22H35N5O. The van der Waals surface area contributed by atoms with Gasteiger partial charge in [0.05, 0.1) is 6.04 Å². The van der Waals surface area contributed by atoms with Crippen LogP contribution in [-0.2, 0) is 4.79 Å². The minimum absolute atomic E-state index is 0.0273. The molecule has 28 heavy (non-hydrogen) atoms. The quantitative estimate of drug-likeness (QED) is 0.603.